The van der Waals surface area contributed by atoms with E-state index in [9.17, 15) is 23.1 Å². The van der Waals surface area contributed by atoms with E-state index < -0.39 is 40.3 Å². The number of phenolic OH excluding ortho intramolecular Hbond substituents is 1. The number of aromatic hydroxyl groups is 1. The van der Waals surface area contributed by atoms with Crippen molar-refractivity contribution in [3.63, 3.8) is 0 Å². The topological polar surface area (TPSA) is 69.6 Å². The molecule has 0 spiro atoms. The molecule has 0 aliphatic heterocycles. The van der Waals surface area contributed by atoms with Gasteiger partial charge in [-0.1, -0.05) is 0 Å². The summed E-state index contributed by atoms with van der Waals surface area (Å²) in [5.41, 5.74) is -2.08. The molecule has 0 unspecified atom stereocenters. The number of phenols is 1. The molecule has 0 radical (unpaired) electrons. The van der Waals surface area contributed by atoms with E-state index in [4.69, 9.17) is 5.11 Å². The van der Waals surface area contributed by atoms with Crippen LogP contribution in [0.2, 0.25) is 0 Å². The van der Waals surface area contributed by atoms with Gasteiger partial charge >= 0.3 is 0 Å². The summed E-state index contributed by atoms with van der Waals surface area (Å²) in [6.07, 6.45) is 0. The molecule has 0 aliphatic carbocycles. The molecule has 1 amide bonds. The Kier molecular flexibility index (Phi) is 3.85. The van der Waals surface area contributed by atoms with E-state index in [0.717, 1.165) is 0 Å². The molecular formula is C11H12F3NO3. The molecule has 0 heterocycles. The minimum absolute atomic E-state index is 0.217. The molecule has 0 saturated heterocycles. The maximum Gasteiger partial charge on any atom is 0.254 e. The summed E-state index contributed by atoms with van der Waals surface area (Å²) in [5.74, 6) is -7.47. The van der Waals surface area contributed by atoms with Crippen LogP contribution in [0.25, 0.3) is 0 Å². The first-order valence-corrected chi connectivity index (χ1v) is 5.00. The smallest absolute Gasteiger partial charge is 0.254 e. The van der Waals surface area contributed by atoms with Crippen molar-refractivity contribution in [2.45, 2.75) is 19.4 Å². The summed E-state index contributed by atoms with van der Waals surface area (Å²) in [7, 11) is 0. The van der Waals surface area contributed by atoms with Crippen molar-refractivity contribution in [2.24, 2.45) is 0 Å². The molecule has 1 aromatic rings. The zero-order valence-corrected chi connectivity index (χ0v) is 9.72. The summed E-state index contributed by atoms with van der Waals surface area (Å²) >= 11 is 0. The maximum atomic E-state index is 13.3. The van der Waals surface area contributed by atoms with Gasteiger partial charge in [-0.3, -0.25) is 4.79 Å². The average Bonchev–Trinajstić information content (AvgIpc) is 2.27. The third-order valence-electron chi connectivity index (χ3n) is 2.06. The van der Waals surface area contributed by atoms with Gasteiger partial charge in [-0.25, -0.2) is 8.78 Å². The Hall–Kier alpha value is -1.76. The van der Waals surface area contributed by atoms with E-state index in [-0.39, 0.29) is 6.54 Å². The van der Waals surface area contributed by atoms with Gasteiger partial charge in [-0.15, -0.1) is 0 Å². The molecule has 0 atom stereocenters. The number of amides is 1. The fraction of sp³-hybridized carbons (Fsp3) is 0.364. The van der Waals surface area contributed by atoms with Crippen LogP contribution in [0.15, 0.2) is 6.07 Å². The van der Waals surface area contributed by atoms with Crippen LogP contribution in [0.3, 0.4) is 0 Å². The number of hydrogen-bond acceptors (Lipinski definition) is 3. The summed E-state index contributed by atoms with van der Waals surface area (Å²) in [6, 6.07) is 0.337. The predicted molar refractivity (Wildman–Crippen MR) is 56.6 cm³/mol. The monoisotopic (exact) mass is 263 g/mol. The zero-order chi connectivity index (χ0) is 14.1. The Bertz CT molecular complexity index is 483. The van der Waals surface area contributed by atoms with E-state index >= 15 is 0 Å². The van der Waals surface area contributed by atoms with Gasteiger partial charge < -0.3 is 15.5 Å². The first-order chi connectivity index (χ1) is 8.13. The average molecular weight is 263 g/mol. The Morgan fingerprint density at radius 2 is 1.89 bits per heavy atom. The van der Waals surface area contributed by atoms with Gasteiger partial charge in [0.25, 0.3) is 5.91 Å². The third kappa shape index (κ3) is 3.13. The minimum atomic E-state index is -1.76. The lowest BCUT2D eigenvalue weighted by molar-refractivity contribution is 0.0691. The molecule has 1 rings (SSSR count). The first-order valence-electron chi connectivity index (χ1n) is 5.00. The second-order valence-electron chi connectivity index (χ2n) is 4.38. The highest BCUT2D eigenvalue weighted by Crippen LogP contribution is 2.25. The summed E-state index contributed by atoms with van der Waals surface area (Å²) in [4.78, 5) is 11.5. The summed E-state index contributed by atoms with van der Waals surface area (Å²) < 4.78 is 39.0. The highest BCUT2D eigenvalue weighted by atomic mass is 19.2. The van der Waals surface area contributed by atoms with Gasteiger partial charge in [-0.2, -0.15) is 4.39 Å². The van der Waals surface area contributed by atoms with Crippen LogP contribution >= 0.6 is 0 Å². The third-order valence-corrected chi connectivity index (χ3v) is 2.06. The van der Waals surface area contributed by atoms with Crippen molar-refractivity contribution in [1.82, 2.24) is 5.32 Å². The number of carbonyl (C=O) groups is 1. The van der Waals surface area contributed by atoms with Crippen LogP contribution in [0.1, 0.15) is 24.2 Å². The van der Waals surface area contributed by atoms with Crippen molar-refractivity contribution < 1.29 is 28.2 Å². The van der Waals surface area contributed by atoms with Gasteiger partial charge in [0.05, 0.1) is 11.2 Å². The van der Waals surface area contributed by atoms with Crippen LogP contribution in [-0.2, 0) is 0 Å². The fourth-order valence-corrected chi connectivity index (χ4v) is 1.15. The standard InChI is InChI=1S/C11H12F3NO3/c1-11(2,18)4-15-10(17)5-3-6(12)8(14)9(16)7(5)13/h3,16,18H,4H2,1-2H3,(H,15,17). The normalized spacial score (nSPS) is 11.4. The van der Waals surface area contributed by atoms with Crippen LogP contribution in [0, 0.1) is 17.5 Å². The highest BCUT2D eigenvalue weighted by Gasteiger charge is 2.23. The van der Waals surface area contributed by atoms with Gasteiger partial charge in [0.2, 0.25) is 5.82 Å². The Labute approximate surface area is 101 Å². The van der Waals surface area contributed by atoms with Crippen molar-refractivity contribution in [1.29, 1.82) is 0 Å². The lowest BCUT2D eigenvalue weighted by Gasteiger charge is -2.17. The maximum absolute atomic E-state index is 13.3. The molecule has 0 aromatic heterocycles. The Morgan fingerprint density at radius 1 is 1.33 bits per heavy atom. The SMILES string of the molecule is CC(C)(O)CNC(=O)c1cc(F)c(F)c(O)c1F. The van der Waals surface area contributed by atoms with Crippen molar-refractivity contribution >= 4 is 5.91 Å². The molecule has 3 N–H and O–H groups in total. The van der Waals surface area contributed by atoms with Crippen molar-refractivity contribution in [3.05, 3.63) is 29.1 Å². The fourth-order valence-electron chi connectivity index (χ4n) is 1.15. The molecule has 100 valence electrons. The lowest BCUT2D eigenvalue weighted by Crippen LogP contribution is -2.38. The van der Waals surface area contributed by atoms with Gasteiger partial charge in [0.1, 0.15) is 0 Å². The summed E-state index contributed by atoms with van der Waals surface area (Å²) in [5, 5.41) is 20.4. The number of benzene rings is 1. The van der Waals surface area contributed by atoms with E-state index in [1.54, 1.807) is 0 Å². The van der Waals surface area contributed by atoms with Crippen LogP contribution < -0.4 is 5.32 Å². The van der Waals surface area contributed by atoms with E-state index in [1.165, 1.54) is 13.8 Å². The quantitative estimate of drug-likeness (QED) is 0.720. The zero-order valence-electron chi connectivity index (χ0n) is 9.72. The number of aliphatic hydroxyl groups is 1. The molecule has 0 saturated carbocycles. The number of hydrogen-bond donors (Lipinski definition) is 3. The van der Waals surface area contributed by atoms with Crippen molar-refractivity contribution in [3.8, 4) is 5.75 Å². The highest BCUT2D eigenvalue weighted by molar-refractivity contribution is 5.95. The van der Waals surface area contributed by atoms with E-state index in [1.807, 2.05) is 0 Å². The minimum Gasteiger partial charge on any atom is -0.503 e. The van der Waals surface area contributed by atoms with Crippen molar-refractivity contribution in [2.75, 3.05) is 6.54 Å². The first kappa shape index (κ1) is 14.3. The number of carbonyl (C=O) groups excluding carboxylic acids is 1. The van der Waals surface area contributed by atoms with Gasteiger partial charge in [-0.05, 0) is 19.9 Å². The second kappa shape index (κ2) is 4.85. The molecule has 0 bridgehead atoms. The lowest BCUT2D eigenvalue weighted by atomic mass is 10.1. The predicted octanol–water partition coefficient (Wildman–Crippen LogP) is 1.31. The van der Waals surface area contributed by atoms with Crippen LogP contribution in [-0.4, -0.2) is 28.3 Å². The number of nitrogens with one attached hydrogen (secondary N) is 1. The number of rotatable bonds is 3. The van der Waals surface area contributed by atoms with Gasteiger partial charge in [0, 0.05) is 6.54 Å². The largest absolute Gasteiger partial charge is 0.503 e. The number of halogens is 3. The molecule has 18 heavy (non-hydrogen) atoms. The Morgan fingerprint density at radius 3 is 2.39 bits per heavy atom. The van der Waals surface area contributed by atoms with Gasteiger partial charge in [0.15, 0.2) is 17.4 Å². The molecular weight excluding hydrogens is 251 g/mol. The molecule has 1 aromatic carbocycles. The van der Waals surface area contributed by atoms with Crippen LogP contribution in [0.5, 0.6) is 5.75 Å². The molecule has 4 nitrogen and oxygen atoms in total. The molecule has 0 fully saturated rings. The molecule has 0 aliphatic rings. The van der Waals surface area contributed by atoms with E-state index in [2.05, 4.69) is 5.32 Å². The summed E-state index contributed by atoms with van der Waals surface area (Å²) in [6.45, 7) is 2.57. The Balaban J connectivity index is 3.01. The molecule has 7 heteroatoms. The van der Waals surface area contributed by atoms with Crippen LogP contribution in [0.4, 0.5) is 13.2 Å². The van der Waals surface area contributed by atoms with E-state index in [0.29, 0.717) is 6.07 Å². The second-order valence-corrected chi connectivity index (χ2v) is 4.38.